The molecule has 0 bridgehead atoms. The van der Waals surface area contributed by atoms with Crippen molar-refractivity contribution in [3.8, 4) is 0 Å². The number of nitrogens with one attached hydrogen (secondary N) is 1. The Morgan fingerprint density at radius 3 is 2.85 bits per heavy atom. The molecule has 5 unspecified atom stereocenters. The molecule has 0 aromatic carbocycles. The van der Waals surface area contributed by atoms with Gasteiger partial charge in [0.2, 0.25) is 5.91 Å². The molecule has 1 saturated carbocycles. The first-order valence-corrected chi connectivity index (χ1v) is 12.1. The molecule has 3 fully saturated rings. The normalized spacial score (nSPS) is 36.9. The molecule has 6 atom stereocenters. The molecule has 5 nitrogen and oxygen atoms in total. The topological polar surface area (TPSA) is 54.5 Å². The number of rotatable bonds is 3. The number of alkyl halides is 3. The molecular weight excluding hydrogens is 431 g/mol. The van der Waals surface area contributed by atoms with Crippen LogP contribution in [0.25, 0.3) is 5.57 Å². The zero-order chi connectivity index (χ0) is 23.4. The molecule has 4 aliphatic rings. The van der Waals surface area contributed by atoms with Gasteiger partial charge in [-0.2, -0.15) is 13.2 Å². The van der Waals surface area contributed by atoms with E-state index < -0.39 is 11.7 Å². The minimum atomic E-state index is -4.40. The van der Waals surface area contributed by atoms with Crippen LogP contribution in [0, 0.1) is 17.3 Å². The molecular formula is C25H32F3N3O2. The van der Waals surface area contributed by atoms with E-state index in [-0.39, 0.29) is 23.3 Å². The van der Waals surface area contributed by atoms with Crippen LogP contribution in [0.4, 0.5) is 13.2 Å². The molecule has 5 rings (SSSR count). The maximum atomic E-state index is 13.6. The van der Waals surface area contributed by atoms with E-state index in [1.165, 1.54) is 6.20 Å². The average Bonchev–Trinajstić information content (AvgIpc) is 3.31. The van der Waals surface area contributed by atoms with Crippen LogP contribution in [-0.2, 0) is 15.7 Å². The summed E-state index contributed by atoms with van der Waals surface area (Å²) < 4.78 is 45.1. The number of amides is 1. The second-order valence-corrected chi connectivity index (χ2v) is 10.4. The molecule has 1 N–H and O–H groups in total. The summed E-state index contributed by atoms with van der Waals surface area (Å²) in [4.78, 5) is 19.8. The predicted molar refractivity (Wildman–Crippen MR) is 118 cm³/mol. The molecule has 1 aromatic rings. The highest BCUT2D eigenvalue weighted by Crippen LogP contribution is 2.55. The van der Waals surface area contributed by atoms with E-state index in [1.807, 2.05) is 11.0 Å². The first kappa shape index (κ1) is 22.8. The fourth-order valence-corrected chi connectivity index (χ4v) is 6.54. The van der Waals surface area contributed by atoms with Crippen LogP contribution in [0.5, 0.6) is 0 Å². The van der Waals surface area contributed by atoms with E-state index in [2.05, 4.69) is 24.1 Å². The maximum Gasteiger partial charge on any atom is 0.416 e. The second kappa shape index (κ2) is 8.38. The summed E-state index contributed by atoms with van der Waals surface area (Å²) in [6, 6.07) is 2.88. The van der Waals surface area contributed by atoms with Crippen LogP contribution in [0.1, 0.15) is 57.2 Å². The third-order valence-electron chi connectivity index (χ3n) is 8.56. The highest BCUT2D eigenvalue weighted by molar-refractivity contribution is 5.88. The Balaban J connectivity index is 1.31. The number of hydrogen-bond acceptors (Lipinski definition) is 4. The van der Waals surface area contributed by atoms with E-state index in [9.17, 15) is 18.0 Å². The number of carbonyl (C=O) groups is 1. The Bertz CT molecular complexity index is 949. The summed E-state index contributed by atoms with van der Waals surface area (Å²) in [5, 5.41) is 3.82. The van der Waals surface area contributed by atoms with Gasteiger partial charge in [0.1, 0.15) is 0 Å². The van der Waals surface area contributed by atoms with Crippen LogP contribution in [0.3, 0.4) is 0 Å². The van der Waals surface area contributed by atoms with Gasteiger partial charge in [-0.3, -0.25) is 9.78 Å². The molecule has 1 aromatic heterocycles. The smallest absolute Gasteiger partial charge is 0.381 e. The van der Waals surface area contributed by atoms with Crippen molar-refractivity contribution in [3.63, 3.8) is 0 Å². The minimum Gasteiger partial charge on any atom is -0.381 e. The molecule has 0 radical (unpaired) electrons. The summed E-state index contributed by atoms with van der Waals surface area (Å²) in [6.07, 6.45) is 2.95. The van der Waals surface area contributed by atoms with Crippen molar-refractivity contribution in [2.75, 3.05) is 19.8 Å². The van der Waals surface area contributed by atoms with Gasteiger partial charge in [-0.05, 0) is 61.6 Å². The number of pyridine rings is 1. The Labute approximate surface area is 192 Å². The van der Waals surface area contributed by atoms with Crippen molar-refractivity contribution < 1.29 is 22.7 Å². The van der Waals surface area contributed by atoms with Crippen LogP contribution < -0.4 is 5.32 Å². The van der Waals surface area contributed by atoms with Crippen molar-refractivity contribution in [2.24, 2.45) is 17.3 Å². The van der Waals surface area contributed by atoms with Crippen LogP contribution in [0.15, 0.2) is 24.4 Å². The molecule has 4 heterocycles. The van der Waals surface area contributed by atoms with Gasteiger partial charge in [0, 0.05) is 37.5 Å². The highest BCUT2D eigenvalue weighted by atomic mass is 19.4. The summed E-state index contributed by atoms with van der Waals surface area (Å²) in [5.41, 5.74) is 0.114. The fourth-order valence-electron chi connectivity index (χ4n) is 6.54. The van der Waals surface area contributed by atoms with E-state index in [4.69, 9.17) is 4.74 Å². The number of halogens is 3. The van der Waals surface area contributed by atoms with Gasteiger partial charge in [-0.25, -0.2) is 0 Å². The largest absolute Gasteiger partial charge is 0.416 e. The maximum absolute atomic E-state index is 13.6. The number of fused-ring (bicyclic) bond motifs is 1. The Morgan fingerprint density at radius 1 is 1.27 bits per heavy atom. The molecule has 3 aliphatic heterocycles. The van der Waals surface area contributed by atoms with Crippen LogP contribution in [0.2, 0.25) is 0 Å². The fraction of sp³-hybridized carbons (Fsp3) is 0.680. The number of ether oxygens (including phenoxy) is 1. The highest BCUT2D eigenvalue weighted by Gasteiger charge is 2.60. The number of nitrogens with zero attached hydrogens (tertiary/aromatic N) is 2. The zero-order valence-electron chi connectivity index (χ0n) is 19.2. The molecule has 1 aliphatic carbocycles. The molecule has 8 heteroatoms. The van der Waals surface area contributed by atoms with Gasteiger partial charge in [0.25, 0.3) is 0 Å². The lowest BCUT2D eigenvalue weighted by molar-refractivity contribution is -0.138. The predicted octanol–water partition coefficient (Wildman–Crippen LogP) is 4.29. The lowest BCUT2D eigenvalue weighted by atomic mass is 9.73. The first-order valence-electron chi connectivity index (χ1n) is 12.1. The van der Waals surface area contributed by atoms with Crippen molar-refractivity contribution in [1.82, 2.24) is 15.2 Å². The molecule has 1 amide bonds. The van der Waals surface area contributed by atoms with Crippen molar-refractivity contribution in [3.05, 3.63) is 35.7 Å². The summed E-state index contributed by atoms with van der Waals surface area (Å²) in [5.74, 6) is 0.833. The average molecular weight is 464 g/mol. The standard InChI is InChI=1S/C25H32F3N3O2/c1-15-14-33-10-6-20(15)30-19-3-7-24(13-19)16(2)22-11-17(5-9-31(22)23(24)32)21-12-18(4-8-29-21)25(26,27)28/h4-5,8,12,15-16,19-20,22,30H,3,6-7,9-11,13-14H2,1-2H3/t15?,16?,19?,20?,22?,24-/m0/s1. The molecule has 2 saturated heterocycles. The van der Waals surface area contributed by atoms with E-state index in [0.29, 0.717) is 36.7 Å². The van der Waals surface area contributed by atoms with Gasteiger partial charge < -0.3 is 15.0 Å². The Hall–Kier alpha value is -1.93. The van der Waals surface area contributed by atoms with Crippen molar-refractivity contribution in [2.45, 2.75) is 70.3 Å². The number of aromatic nitrogens is 1. The number of carbonyl (C=O) groups excluding carboxylic acids is 1. The lowest BCUT2D eigenvalue weighted by Crippen LogP contribution is -2.46. The number of hydrogen-bond donors (Lipinski definition) is 1. The molecule has 33 heavy (non-hydrogen) atoms. The van der Waals surface area contributed by atoms with Crippen molar-refractivity contribution >= 4 is 11.5 Å². The third-order valence-corrected chi connectivity index (χ3v) is 8.56. The zero-order valence-corrected chi connectivity index (χ0v) is 19.2. The SMILES string of the molecule is CC1COCCC1NC1CC[C@@]2(C1)C(=O)N1CC=C(c3cc(C(F)(F)F)ccn3)CC1C2C. The second-order valence-electron chi connectivity index (χ2n) is 10.4. The Morgan fingerprint density at radius 2 is 2.09 bits per heavy atom. The summed E-state index contributed by atoms with van der Waals surface area (Å²) in [6.45, 7) is 6.37. The monoisotopic (exact) mass is 463 g/mol. The quantitative estimate of drug-likeness (QED) is 0.727. The van der Waals surface area contributed by atoms with Crippen LogP contribution in [-0.4, -0.2) is 53.7 Å². The molecule has 180 valence electrons. The minimum absolute atomic E-state index is 0.00889. The van der Waals surface area contributed by atoms with Crippen LogP contribution >= 0.6 is 0 Å². The molecule has 1 spiro atoms. The van der Waals surface area contributed by atoms with E-state index in [1.54, 1.807) is 0 Å². The summed E-state index contributed by atoms with van der Waals surface area (Å²) >= 11 is 0. The lowest BCUT2D eigenvalue weighted by Gasteiger charge is -2.33. The van der Waals surface area contributed by atoms with Gasteiger partial charge in [0.05, 0.1) is 23.3 Å². The van der Waals surface area contributed by atoms with E-state index in [0.717, 1.165) is 56.6 Å². The Kier molecular flexibility index (Phi) is 5.80. The van der Waals surface area contributed by atoms with Gasteiger partial charge in [0.15, 0.2) is 0 Å². The first-order chi connectivity index (χ1) is 15.7. The van der Waals surface area contributed by atoms with E-state index >= 15 is 0 Å². The summed E-state index contributed by atoms with van der Waals surface area (Å²) in [7, 11) is 0. The van der Waals surface area contributed by atoms with Gasteiger partial charge in [-0.15, -0.1) is 0 Å². The van der Waals surface area contributed by atoms with Crippen molar-refractivity contribution in [1.29, 1.82) is 0 Å². The third kappa shape index (κ3) is 3.99. The van der Waals surface area contributed by atoms with Gasteiger partial charge >= 0.3 is 6.18 Å². The van der Waals surface area contributed by atoms with Gasteiger partial charge in [-0.1, -0.05) is 19.9 Å².